The number of rotatable bonds is 3. The highest BCUT2D eigenvalue weighted by molar-refractivity contribution is 5.23. The summed E-state index contributed by atoms with van der Waals surface area (Å²) < 4.78 is 3.90. The van der Waals surface area contributed by atoms with E-state index in [2.05, 4.69) is 80.5 Å². The SMILES string of the molecule is CC(C)c1cn[nH]c1.CC(C)c1cnn(C)c1.Cc1[nH][n+](C)c(C)c1C(C)C. The summed E-state index contributed by atoms with van der Waals surface area (Å²) in [6, 6.07) is 0. The highest BCUT2D eigenvalue weighted by Gasteiger charge is 2.17. The monoisotopic (exact) mass is 387 g/mol. The fourth-order valence-electron chi connectivity index (χ4n) is 3.01. The lowest BCUT2D eigenvalue weighted by molar-refractivity contribution is -0.732. The maximum atomic E-state index is 4.05. The van der Waals surface area contributed by atoms with Crippen molar-refractivity contribution in [3.8, 4) is 0 Å². The van der Waals surface area contributed by atoms with Gasteiger partial charge in [-0.15, -0.1) is 4.68 Å². The summed E-state index contributed by atoms with van der Waals surface area (Å²) in [6.07, 6.45) is 7.73. The first-order valence-electron chi connectivity index (χ1n) is 10.1. The van der Waals surface area contributed by atoms with Gasteiger partial charge in [0.2, 0.25) is 5.69 Å². The Labute approximate surface area is 170 Å². The van der Waals surface area contributed by atoms with E-state index in [-0.39, 0.29) is 0 Å². The normalized spacial score (nSPS) is 10.8. The highest BCUT2D eigenvalue weighted by Crippen LogP contribution is 2.18. The van der Waals surface area contributed by atoms with Crippen LogP contribution < -0.4 is 4.68 Å². The lowest BCUT2D eigenvalue weighted by Crippen LogP contribution is -2.32. The van der Waals surface area contributed by atoms with Gasteiger partial charge in [-0.2, -0.15) is 15.3 Å². The van der Waals surface area contributed by atoms with E-state index in [1.807, 2.05) is 43.6 Å². The van der Waals surface area contributed by atoms with Crippen LogP contribution in [0.1, 0.15) is 87.4 Å². The molecule has 156 valence electrons. The van der Waals surface area contributed by atoms with Crippen molar-refractivity contribution in [2.24, 2.45) is 14.1 Å². The Morgan fingerprint density at radius 2 is 1.54 bits per heavy atom. The molecule has 6 heteroatoms. The Balaban J connectivity index is 0.000000213. The fraction of sp³-hybridized carbons (Fsp3) is 0.591. The molecular weight excluding hydrogens is 348 g/mol. The average molecular weight is 388 g/mol. The number of hydrogen-bond donors (Lipinski definition) is 2. The molecule has 0 amide bonds. The Hall–Kier alpha value is -2.37. The van der Waals surface area contributed by atoms with Gasteiger partial charge in [0.05, 0.1) is 18.1 Å². The third kappa shape index (κ3) is 6.98. The summed E-state index contributed by atoms with van der Waals surface area (Å²) in [5, 5.41) is 13.9. The second-order valence-corrected chi connectivity index (χ2v) is 8.24. The van der Waals surface area contributed by atoms with Crippen molar-refractivity contribution < 1.29 is 4.68 Å². The van der Waals surface area contributed by atoms with Gasteiger partial charge in [-0.05, 0) is 35.8 Å². The first-order chi connectivity index (χ1) is 13.0. The predicted molar refractivity (Wildman–Crippen MR) is 116 cm³/mol. The summed E-state index contributed by atoms with van der Waals surface area (Å²) in [5.74, 6) is 1.81. The zero-order valence-corrected chi connectivity index (χ0v) is 19.3. The molecule has 3 aromatic rings. The van der Waals surface area contributed by atoms with Crippen LogP contribution in [0.2, 0.25) is 0 Å². The Bertz CT molecular complexity index is 806. The molecule has 2 N–H and O–H groups in total. The van der Waals surface area contributed by atoms with Gasteiger partial charge in [0.15, 0.2) is 7.05 Å². The van der Waals surface area contributed by atoms with Crippen LogP contribution in [0.3, 0.4) is 0 Å². The first-order valence-corrected chi connectivity index (χ1v) is 10.1. The molecule has 3 aromatic heterocycles. The molecule has 0 bridgehead atoms. The number of aromatic amines is 2. The van der Waals surface area contributed by atoms with Crippen LogP contribution >= 0.6 is 0 Å². The molecule has 0 aliphatic rings. The summed E-state index contributed by atoms with van der Waals surface area (Å²) in [6.45, 7) is 17.3. The minimum absolute atomic E-state index is 0.591. The molecule has 0 saturated carbocycles. The second-order valence-electron chi connectivity index (χ2n) is 8.24. The van der Waals surface area contributed by atoms with Gasteiger partial charge in [0, 0.05) is 31.9 Å². The van der Waals surface area contributed by atoms with Crippen LogP contribution in [0.25, 0.3) is 0 Å². The molecule has 0 saturated heterocycles. The Morgan fingerprint density at radius 1 is 0.929 bits per heavy atom. The molecule has 0 spiro atoms. The van der Waals surface area contributed by atoms with Gasteiger partial charge in [0.1, 0.15) is 0 Å². The van der Waals surface area contributed by atoms with Crippen LogP contribution in [0.5, 0.6) is 0 Å². The van der Waals surface area contributed by atoms with Crippen molar-refractivity contribution in [3.05, 3.63) is 52.9 Å². The number of H-pyrrole nitrogens is 2. The summed E-state index contributed by atoms with van der Waals surface area (Å²) >= 11 is 0. The van der Waals surface area contributed by atoms with Crippen LogP contribution in [0.15, 0.2) is 24.8 Å². The molecule has 0 radical (unpaired) electrons. The van der Waals surface area contributed by atoms with Gasteiger partial charge in [-0.3, -0.25) is 9.78 Å². The van der Waals surface area contributed by atoms with Crippen LogP contribution in [-0.2, 0) is 14.1 Å². The zero-order chi connectivity index (χ0) is 21.4. The van der Waals surface area contributed by atoms with E-state index in [9.17, 15) is 0 Å². The minimum atomic E-state index is 0.591. The number of hydrogen-bond acceptors (Lipinski definition) is 2. The number of nitrogens with zero attached hydrogens (tertiary/aromatic N) is 4. The van der Waals surface area contributed by atoms with E-state index in [1.165, 1.54) is 28.1 Å². The van der Waals surface area contributed by atoms with Crippen LogP contribution in [0, 0.1) is 13.8 Å². The second kappa shape index (κ2) is 10.8. The molecule has 6 nitrogen and oxygen atoms in total. The lowest BCUT2D eigenvalue weighted by Gasteiger charge is -1.99. The third-order valence-corrected chi connectivity index (χ3v) is 4.79. The van der Waals surface area contributed by atoms with Gasteiger partial charge in [-0.25, -0.2) is 0 Å². The van der Waals surface area contributed by atoms with E-state index in [0.29, 0.717) is 17.8 Å². The van der Waals surface area contributed by atoms with Crippen molar-refractivity contribution in [1.82, 2.24) is 25.1 Å². The largest absolute Gasteiger partial charge is 0.285 e. The van der Waals surface area contributed by atoms with Gasteiger partial charge < -0.3 is 0 Å². The van der Waals surface area contributed by atoms with Crippen molar-refractivity contribution in [2.45, 2.75) is 73.1 Å². The third-order valence-electron chi connectivity index (χ3n) is 4.79. The number of aromatic nitrogens is 6. The summed E-state index contributed by atoms with van der Waals surface area (Å²) in [7, 11) is 3.99. The summed E-state index contributed by atoms with van der Waals surface area (Å²) in [4.78, 5) is 0. The summed E-state index contributed by atoms with van der Waals surface area (Å²) in [5.41, 5.74) is 6.66. The molecule has 0 aliphatic heterocycles. The van der Waals surface area contributed by atoms with Crippen molar-refractivity contribution in [2.75, 3.05) is 0 Å². The Kier molecular flexibility index (Phi) is 9.16. The van der Waals surface area contributed by atoms with Crippen LogP contribution in [0.4, 0.5) is 0 Å². The first kappa shape index (κ1) is 23.7. The van der Waals surface area contributed by atoms with E-state index in [1.54, 1.807) is 0 Å². The van der Waals surface area contributed by atoms with E-state index in [0.717, 1.165) is 0 Å². The average Bonchev–Trinajstić information content (AvgIpc) is 3.31. The molecule has 0 atom stereocenters. The molecule has 0 fully saturated rings. The number of nitrogens with one attached hydrogen (secondary N) is 2. The topological polar surface area (TPSA) is 66.2 Å². The Morgan fingerprint density at radius 3 is 1.75 bits per heavy atom. The molecule has 0 aliphatic carbocycles. The van der Waals surface area contributed by atoms with Gasteiger partial charge >= 0.3 is 0 Å². The molecule has 3 heterocycles. The lowest BCUT2D eigenvalue weighted by atomic mass is 10.0. The standard InChI is InChI=1S/C9H16N2.C7H12N2.C6H10N2/c1-6(2)9-7(3)10-11(5)8(9)4;1-6(2)7-4-8-9(3)5-7;1-5(2)6-3-7-8-4-6/h6H,1-5H3;4-6H,1-3H3;3-5H,1-2H3,(H,7,8)/p+1. The van der Waals surface area contributed by atoms with Crippen molar-refractivity contribution in [1.29, 1.82) is 0 Å². The van der Waals surface area contributed by atoms with Gasteiger partial charge in [-0.1, -0.05) is 41.5 Å². The van der Waals surface area contributed by atoms with Crippen molar-refractivity contribution >= 4 is 0 Å². The maximum Gasteiger partial charge on any atom is 0.208 e. The molecular formula is C22H39N6+. The quantitative estimate of drug-likeness (QED) is 0.642. The van der Waals surface area contributed by atoms with E-state index >= 15 is 0 Å². The van der Waals surface area contributed by atoms with E-state index < -0.39 is 0 Å². The molecule has 0 aromatic carbocycles. The fourth-order valence-corrected chi connectivity index (χ4v) is 3.01. The predicted octanol–water partition coefficient (Wildman–Crippen LogP) is 4.66. The smallest absolute Gasteiger partial charge is 0.208 e. The van der Waals surface area contributed by atoms with Crippen molar-refractivity contribution in [3.63, 3.8) is 0 Å². The van der Waals surface area contributed by atoms with Gasteiger partial charge in [0.25, 0.3) is 0 Å². The van der Waals surface area contributed by atoms with Crippen LogP contribution in [-0.4, -0.2) is 25.1 Å². The zero-order valence-electron chi connectivity index (χ0n) is 19.3. The number of aryl methyl sites for hydroxylation is 3. The van der Waals surface area contributed by atoms with E-state index in [4.69, 9.17) is 0 Å². The highest BCUT2D eigenvalue weighted by atomic mass is 15.3. The molecule has 0 unspecified atom stereocenters. The molecule has 28 heavy (non-hydrogen) atoms. The maximum absolute atomic E-state index is 4.05. The molecule has 3 rings (SSSR count). The minimum Gasteiger partial charge on any atom is -0.285 e.